The third-order valence-corrected chi connectivity index (χ3v) is 8.09. The number of ether oxygens (including phenoxy) is 1. The molecule has 2 saturated heterocycles. The Morgan fingerprint density at radius 1 is 0.871 bits per heavy atom. The van der Waals surface area contributed by atoms with Crippen molar-refractivity contribution in [2.75, 3.05) is 68.8 Å². The van der Waals surface area contributed by atoms with Crippen LogP contribution in [-0.2, 0) is 4.74 Å². The molecule has 0 amide bonds. The van der Waals surface area contributed by atoms with Gasteiger partial charge in [0.2, 0.25) is 0 Å². The van der Waals surface area contributed by atoms with E-state index in [2.05, 4.69) is 46.7 Å². The zero-order valence-electron chi connectivity index (χ0n) is 19.7. The monoisotopic (exact) mass is 447 g/mol. The molecular weight excluding hydrogens is 406 g/mol. The van der Waals surface area contributed by atoms with Crippen molar-refractivity contribution in [1.82, 2.24) is 4.90 Å². The van der Waals surface area contributed by atoms with Gasteiger partial charge in [-0.25, -0.2) is 0 Å². The maximum Gasteiger partial charge on any atom is 0.0642 e. The standard InChI is InChI=1S/C26H41N3O.ClH/c1-26(2)9-7-22(8-10-26)24-19-23(28-15-17-30-18-16-28)5-6-25(24)29-13-11-27(12-14-29)20-21-3-4-21;/h5-6,19,21-22H,3-4,7-18,20H2,1-2H3;1H. The molecule has 4 fully saturated rings. The molecule has 5 heteroatoms. The van der Waals surface area contributed by atoms with E-state index in [-0.39, 0.29) is 12.4 Å². The molecule has 4 aliphatic rings. The summed E-state index contributed by atoms with van der Waals surface area (Å²) in [6.45, 7) is 14.9. The third-order valence-electron chi connectivity index (χ3n) is 8.09. The van der Waals surface area contributed by atoms with Gasteiger partial charge in [-0.1, -0.05) is 13.8 Å². The van der Waals surface area contributed by atoms with Crippen molar-refractivity contribution in [1.29, 1.82) is 0 Å². The van der Waals surface area contributed by atoms with E-state index < -0.39 is 0 Å². The molecule has 0 spiro atoms. The summed E-state index contributed by atoms with van der Waals surface area (Å²) in [5.41, 5.74) is 5.09. The first-order chi connectivity index (χ1) is 14.6. The van der Waals surface area contributed by atoms with Gasteiger partial charge in [-0.3, -0.25) is 4.90 Å². The van der Waals surface area contributed by atoms with Crippen LogP contribution < -0.4 is 9.80 Å². The lowest BCUT2D eigenvalue weighted by Gasteiger charge is -2.40. The lowest BCUT2D eigenvalue weighted by atomic mass is 9.71. The van der Waals surface area contributed by atoms with Crippen LogP contribution in [0.4, 0.5) is 11.4 Å². The van der Waals surface area contributed by atoms with Crippen LogP contribution in [0.2, 0.25) is 0 Å². The Kier molecular flexibility index (Phi) is 7.40. The van der Waals surface area contributed by atoms with E-state index >= 15 is 0 Å². The Morgan fingerprint density at radius 2 is 1.55 bits per heavy atom. The van der Waals surface area contributed by atoms with Gasteiger partial charge >= 0.3 is 0 Å². The molecule has 0 atom stereocenters. The summed E-state index contributed by atoms with van der Waals surface area (Å²) in [5.74, 6) is 1.73. The highest BCUT2D eigenvalue weighted by molar-refractivity contribution is 5.85. The predicted octanol–water partition coefficient (Wildman–Crippen LogP) is 5.16. The van der Waals surface area contributed by atoms with Crippen molar-refractivity contribution in [2.24, 2.45) is 11.3 Å². The van der Waals surface area contributed by atoms with E-state index in [1.54, 1.807) is 5.56 Å². The fourth-order valence-corrected chi connectivity index (χ4v) is 5.72. The molecular formula is C26H42ClN3O. The van der Waals surface area contributed by atoms with Crippen molar-refractivity contribution in [3.05, 3.63) is 23.8 Å². The minimum Gasteiger partial charge on any atom is -0.378 e. The van der Waals surface area contributed by atoms with E-state index in [1.807, 2.05) is 0 Å². The van der Waals surface area contributed by atoms with Gasteiger partial charge in [0.15, 0.2) is 0 Å². The fraction of sp³-hybridized carbons (Fsp3) is 0.769. The molecule has 4 nitrogen and oxygen atoms in total. The van der Waals surface area contributed by atoms with Gasteiger partial charge in [-0.05, 0) is 79.5 Å². The van der Waals surface area contributed by atoms with Crippen molar-refractivity contribution in [3.63, 3.8) is 0 Å². The number of hydrogen-bond acceptors (Lipinski definition) is 4. The molecule has 0 N–H and O–H groups in total. The van der Waals surface area contributed by atoms with Crippen molar-refractivity contribution in [2.45, 2.75) is 58.3 Å². The normalized spacial score (nSPS) is 25.4. The number of hydrogen-bond donors (Lipinski definition) is 0. The number of anilines is 2. The molecule has 31 heavy (non-hydrogen) atoms. The number of rotatable bonds is 5. The van der Waals surface area contributed by atoms with Crippen molar-refractivity contribution >= 4 is 23.8 Å². The summed E-state index contributed by atoms with van der Waals surface area (Å²) in [6.07, 6.45) is 8.32. The SMILES string of the molecule is CC1(C)CCC(c2cc(N3CCOCC3)ccc2N2CCN(CC3CC3)CC2)CC1.Cl. The summed E-state index contributed by atoms with van der Waals surface area (Å²) < 4.78 is 5.60. The predicted molar refractivity (Wildman–Crippen MR) is 133 cm³/mol. The van der Waals surface area contributed by atoms with Crippen LogP contribution in [0.5, 0.6) is 0 Å². The quantitative estimate of drug-likeness (QED) is 0.620. The van der Waals surface area contributed by atoms with Gasteiger partial charge < -0.3 is 14.5 Å². The summed E-state index contributed by atoms with van der Waals surface area (Å²) in [7, 11) is 0. The van der Waals surface area contributed by atoms with Crippen LogP contribution in [0, 0.1) is 11.3 Å². The maximum absolute atomic E-state index is 5.60. The highest BCUT2D eigenvalue weighted by Crippen LogP contribution is 2.45. The molecule has 2 aliphatic carbocycles. The average Bonchev–Trinajstić information content (AvgIpc) is 3.59. The van der Waals surface area contributed by atoms with Gasteiger partial charge in [0.25, 0.3) is 0 Å². The lowest BCUT2D eigenvalue weighted by molar-refractivity contribution is 0.122. The van der Waals surface area contributed by atoms with Crippen LogP contribution in [0.15, 0.2) is 18.2 Å². The summed E-state index contributed by atoms with van der Waals surface area (Å²) >= 11 is 0. The smallest absolute Gasteiger partial charge is 0.0642 e. The van der Waals surface area contributed by atoms with Crippen LogP contribution in [0.1, 0.15) is 63.9 Å². The zero-order chi connectivity index (χ0) is 20.6. The third kappa shape index (κ3) is 5.69. The van der Waals surface area contributed by atoms with Gasteiger partial charge in [0.05, 0.1) is 13.2 Å². The molecule has 1 aromatic rings. The Labute approximate surface area is 195 Å². The van der Waals surface area contributed by atoms with Crippen LogP contribution in [0.25, 0.3) is 0 Å². The first kappa shape index (κ1) is 23.2. The molecule has 2 aliphatic heterocycles. The number of piperazine rings is 1. The molecule has 5 rings (SSSR count). The van der Waals surface area contributed by atoms with E-state index in [0.717, 1.165) is 38.1 Å². The van der Waals surface area contributed by atoms with Gasteiger partial charge in [0, 0.05) is 57.2 Å². The topological polar surface area (TPSA) is 19.0 Å². The number of morpholine rings is 1. The summed E-state index contributed by atoms with van der Waals surface area (Å²) in [6, 6.07) is 7.39. The average molecular weight is 448 g/mol. The van der Waals surface area contributed by atoms with Gasteiger partial charge in [0.1, 0.15) is 0 Å². The first-order valence-corrected chi connectivity index (χ1v) is 12.5. The second-order valence-corrected chi connectivity index (χ2v) is 11.0. The molecule has 174 valence electrons. The zero-order valence-corrected chi connectivity index (χ0v) is 20.5. The maximum atomic E-state index is 5.60. The van der Waals surface area contributed by atoms with Crippen LogP contribution in [0.3, 0.4) is 0 Å². The number of halogens is 1. The fourth-order valence-electron chi connectivity index (χ4n) is 5.72. The Hall–Kier alpha value is -0.970. The Bertz CT molecular complexity index is 711. The second-order valence-electron chi connectivity index (χ2n) is 11.0. The molecule has 1 aromatic carbocycles. The molecule has 0 radical (unpaired) electrons. The molecule has 2 saturated carbocycles. The number of nitrogens with zero attached hydrogens (tertiary/aromatic N) is 3. The number of benzene rings is 1. The summed E-state index contributed by atoms with van der Waals surface area (Å²) in [5, 5.41) is 0. The minimum absolute atomic E-state index is 0. The lowest BCUT2D eigenvalue weighted by Crippen LogP contribution is -2.47. The molecule has 0 aromatic heterocycles. The second kappa shape index (κ2) is 9.89. The molecule has 2 heterocycles. The minimum atomic E-state index is 0. The molecule has 0 unspecified atom stereocenters. The highest BCUT2D eigenvalue weighted by Gasteiger charge is 2.31. The Morgan fingerprint density at radius 3 is 2.19 bits per heavy atom. The van der Waals surface area contributed by atoms with E-state index in [0.29, 0.717) is 5.41 Å². The van der Waals surface area contributed by atoms with Crippen molar-refractivity contribution < 1.29 is 4.74 Å². The highest BCUT2D eigenvalue weighted by atomic mass is 35.5. The first-order valence-electron chi connectivity index (χ1n) is 12.5. The van der Waals surface area contributed by atoms with E-state index in [4.69, 9.17) is 4.74 Å². The van der Waals surface area contributed by atoms with Crippen molar-refractivity contribution in [3.8, 4) is 0 Å². The van der Waals surface area contributed by atoms with Gasteiger partial charge in [-0.2, -0.15) is 0 Å². The largest absolute Gasteiger partial charge is 0.378 e. The van der Waals surface area contributed by atoms with E-state index in [1.165, 1.54) is 82.6 Å². The van der Waals surface area contributed by atoms with Gasteiger partial charge in [-0.15, -0.1) is 12.4 Å². The summed E-state index contributed by atoms with van der Waals surface area (Å²) in [4.78, 5) is 7.93. The van der Waals surface area contributed by atoms with Crippen LogP contribution in [-0.4, -0.2) is 63.9 Å². The molecule has 0 bridgehead atoms. The van der Waals surface area contributed by atoms with Crippen LogP contribution >= 0.6 is 12.4 Å². The van der Waals surface area contributed by atoms with E-state index in [9.17, 15) is 0 Å². The Balaban J connectivity index is 0.00000231.